The fraction of sp³-hybridized carbons (Fsp3) is 0.409. The minimum atomic E-state index is -1.32. The van der Waals surface area contributed by atoms with E-state index in [0.29, 0.717) is 35.5 Å². The number of hydrogen-bond donors (Lipinski definition) is 1. The van der Waals surface area contributed by atoms with Crippen LogP contribution in [0.3, 0.4) is 0 Å². The summed E-state index contributed by atoms with van der Waals surface area (Å²) in [6.45, 7) is 25.7. The number of rotatable bonds is 16. The number of carbonyl (C=O) groups is 2. The van der Waals surface area contributed by atoms with Crippen LogP contribution in [0, 0.1) is 27.7 Å². The van der Waals surface area contributed by atoms with E-state index in [1.54, 1.807) is 42.5 Å². The predicted octanol–water partition coefficient (Wildman–Crippen LogP) is 10.4. The molecule has 0 amide bonds. The first-order valence-corrected chi connectivity index (χ1v) is 17.7. The Morgan fingerprint density at radius 2 is 1.28 bits per heavy atom. The molecule has 0 heterocycles. The smallest absolute Gasteiger partial charge is 0.343 e. The Balaban J connectivity index is 1.79. The highest BCUT2D eigenvalue weighted by Gasteiger charge is 2.51. The van der Waals surface area contributed by atoms with Crippen LogP contribution in [-0.4, -0.2) is 28.5 Å². The number of nitrogens with two attached hydrogens (primary N) is 1. The maximum Gasteiger partial charge on any atom is 0.343 e. The van der Waals surface area contributed by atoms with Crippen molar-refractivity contribution in [2.24, 2.45) is 5.73 Å². The van der Waals surface area contributed by atoms with Gasteiger partial charge < -0.3 is 19.9 Å². The summed E-state index contributed by atoms with van der Waals surface area (Å²) in [5.74, 6) is 1.33. The Hall–Kier alpha value is -4.42. The highest BCUT2D eigenvalue weighted by molar-refractivity contribution is 6.04. The molecule has 0 aromatic heterocycles. The standard InChI is InChI=1S/C44H57NO5/c1-13-18-19-37(14-2)49-43(12,16-4)44(45,17-5)40(46)35-20-22-36(23-21-35)41(47)48-38-29(6)24-33(25-30(38)7)28-34-26-31(8)39(32(9)27-34)50-42(10,11)15-3/h13-14,18-27H,1,15-17,28,45H2,2-12H3/b19-18-,37-14+. The predicted molar refractivity (Wildman–Crippen MR) is 205 cm³/mol. The number of esters is 1. The van der Waals surface area contributed by atoms with Crippen molar-refractivity contribution in [1.29, 1.82) is 0 Å². The molecule has 0 aliphatic heterocycles. The molecule has 50 heavy (non-hydrogen) atoms. The van der Waals surface area contributed by atoms with Crippen molar-refractivity contribution in [3.63, 3.8) is 0 Å². The number of benzene rings is 3. The number of ketones is 1. The Labute approximate surface area is 300 Å². The van der Waals surface area contributed by atoms with Crippen molar-refractivity contribution in [3.05, 3.63) is 130 Å². The van der Waals surface area contributed by atoms with E-state index in [2.05, 4.69) is 65.5 Å². The molecule has 0 aliphatic rings. The van der Waals surface area contributed by atoms with Crippen molar-refractivity contribution in [2.75, 3.05) is 0 Å². The minimum Gasteiger partial charge on any atom is -0.487 e. The Morgan fingerprint density at radius 3 is 1.72 bits per heavy atom. The van der Waals surface area contributed by atoms with E-state index < -0.39 is 17.1 Å². The zero-order valence-corrected chi connectivity index (χ0v) is 32.1. The molecule has 0 fully saturated rings. The van der Waals surface area contributed by atoms with Crippen LogP contribution in [0.25, 0.3) is 0 Å². The topological polar surface area (TPSA) is 87.9 Å². The summed E-state index contributed by atoms with van der Waals surface area (Å²) >= 11 is 0. The third-order valence-corrected chi connectivity index (χ3v) is 9.86. The second kappa shape index (κ2) is 16.5. The molecule has 3 aromatic rings. The van der Waals surface area contributed by atoms with Gasteiger partial charge in [0.1, 0.15) is 34.0 Å². The first kappa shape index (κ1) is 40.0. The first-order valence-electron chi connectivity index (χ1n) is 17.7. The van der Waals surface area contributed by atoms with E-state index in [1.807, 2.05) is 47.6 Å². The number of allylic oxidation sites excluding steroid dienone is 4. The molecule has 0 spiro atoms. The van der Waals surface area contributed by atoms with Gasteiger partial charge in [-0.2, -0.15) is 0 Å². The molecule has 0 radical (unpaired) electrons. The lowest BCUT2D eigenvalue weighted by atomic mass is 9.72. The second-order valence-electron chi connectivity index (χ2n) is 14.1. The molecule has 6 nitrogen and oxygen atoms in total. The van der Waals surface area contributed by atoms with Gasteiger partial charge >= 0.3 is 5.97 Å². The summed E-state index contributed by atoms with van der Waals surface area (Å²) in [4.78, 5) is 27.3. The van der Waals surface area contributed by atoms with Gasteiger partial charge in [0.15, 0.2) is 5.78 Å². The van der Waals surface area contributed by atoms with Gasteiger partial charge in [-0.15, -0.1) is 0 Å². The fourth-order valence-electron chi connectivity index (χ4n) is 6.22. The van der Waals surface area contributed by atoms with Gasteiger partial charge in [-0.05, 0) is 139 Å². The van der Waals surface area contributed by atoms with E-state index in [-0.39, 0.29) is 11.4 Å². The molecular weight excluding hydrogens is 622 g/mol. The summed E-state index contributed by atoms with van der Waals surface area (Å²) in [6, 6.07) is 15.0. The van der Waals surface area contributed by atoms with E-state index in [9.17, 15) is 9.59 Å². The highest BCUT2D eigenvalue weighted by atomic mass is 16.5. The zero-order chi connectivity index (χ0) is 37.4. The molecule has 268 valence electrons. The molecule has 3 aromatic carbocycles. The molecular formula is C44H57NO5. The van der Waals surface area contributed by atoms with Gasteiger partial charge in [-0.1, -0.05) is 75.9 Å². The average Bonchev–Trinajstić information content (AvgIpc) is 3.08. The lowest BCUT2D eigenvalue weighted by Gasteiger charge is -2.44. The largest absolute Gasteiger partial charge is 0.487 e. The van der Waals surface area contributed by atoms with Crippen LogP contribution in [-0.2, 0) is 11.2 Å². The Kier molecular flexibility index (Phi) is 13.2. The quantitative estimate of drug-likeness (QED) is 0.0533. The van der Waals surface area contributed by atoms with Crippen molar-refractivity contribution < 1.29 is 23.8 Å². The van der Waals surface area contributed by atoms with E-state index in [4.69, 9.17) is 19.9 Å². The van der Waals surface area contributed by atoms with Gasteiger partial charge in [-0.25, -0.2) is 4.79 Å². The number of carbonyl (C=O) groups excluding carboxylic acids is 2. The maximum absolute atomic E-state index is 14.0. The first-order chi connectivity index (χ1) is 23.5. The maximum atomic E-state index is 14.0. The van der Waals surface area contributed by atoms with Crippen molar-refractivity contribution in [1.82, 2.24) is 0 Å². The lowest BCUT2D eigenvalue weighted by Crippen LogP contribution is -2.64. The Morgan fingerprint density at radius 1 is 0.780 bits per heavy atom. The van der Waals surface area contributed by atoms with Gasteiger partial charge in [0.25, 0.3) is 0 Å². The monoisotopic (exact) mass is 679 g/mol. The number of hydrogen-bond acceptors (Lipinski definition) is 6. The molecule has 0 aliphatic carbocycles. The highest BCUT2D eigenvalue weighted by Crippen LogP contribution is 2.36. The van der Waals surface area contributed by atoms with Gasteiger partial charge in [0.2, 0.25) is 0 Å². The third kappa shape index (κ3) is 9.02. The van der Waals surface area contributed by atoms with Crippen molar-refractivity contribution in [3.8, 4) is 11.5 Å². The average molecular weight is 680 g/mol. The van der Waals surface area contributed by atoms with Crippen LogP contribution in [0.1, 0.15) is 122 Å². The van der Waals surface area contributed by atoms with Crippen molar-refractivity contribution in [2.45, 2.75) is 119 Å². The summed E-state index contributed by atoms with van der Waals surface area (Å²) in [7, 11) is 0. The van der Waals surface area contributed by atoms with E-state index in [0.717, 1.165) is 46.4 Å². The zero-order valence-electron chi connectivity index (χ0n) is 32.1. The molecule has 2 N–H and O–H groups in total. The van der Waals surface area contributed by atoms with Gasteiger partial charge in [0.05, 0.1) is 5.56 Å². The summed E-state index contributed by atoms with van der Waals surface area (Å²) in [6.07, 6.45) is 9.58. The summed E-state index contributed by atoms with van der Waals surface area (Å²) in [5.41, 5.74) is 11.4. The SMILES string of the molecule is C=C/C=C\C(=C/C)OC(C)(CC)C(N)(CC)C(=O)c1ccc(C(=O)Oc2c(C)cc(Cc3cc(C)c(OC(C)(C)CC)c(C)c3)cc2C)cc1. The van der Waals surface area contributed by atoms with Crippen molar-refractivity contribution >= 4 is 11.8 Å². The molecule has 0 saturated carbocycles. The van der Waals surface area contributed by atoms with Crippen LogP contribution in [0.2, 0.25) is 0 Å². The molecule has 0 bridgehead atoms. The van der Waals surface area contributed by atoms with Crippen LogP contribution in [0.15, 0.2) is 85.2 Å². The van der Waals surface area contributed by atoms with Crippen LogP contribution < -0.4 is 15.2 Å². The van der Waals surface area contributed by atoms with Crippen LogP contribution in [0.5, 0.6) is 11.5 Å². The van der Waals surface area contributed by atoms with E-state index in [1.165, 1.54) is 5.56 Å². The van der Waals surface area contributed by atoms with Gasteiger partial charge in [-0.3, -0.25) is 4.79 Å². The molecule has 2 atom stereocenters. The van der Waals surface area contributed by atoms with Crippen LogP contribution in [0.4, 0.5) is 0 Å². The van der Waals surface area contributed by atoms with E-state index >= 15 is 0 Å². The number of Topliss-reactive ketones (excluding diaryl/α,β-unsaturated/α-hetero) is 1. The summed E-state index contributed by atoms with van der Waals surface area (Å²) in [5, 5.41) is 0. The fourth-order valence-corrected chi connectivity index (χ4v) is 6.22. The summed E-state index contributed by atoms with van der Waals surface area (Å²) < 4.78 is 18.6. The Bertz CT molecular complexity index is 1720. The molecule has 3 rings (SSSR count). The third-order valence-electron chi connectivity index (χ3n) is 9.86. The normalized spacial score (nSPS) is 14.5. The number of aryl methyl sites for hydroxylation is 4. The minimum absolute atomic E-state index is 0.227. The molecule has 6 heteroatoms. The van der Waals surface area contributed by atoms with Gasteiger partial charge in [0, 0.05) is 5.56 Å². The molecule has 2 unspecified atom stereocenters. The second-order valence-corrected chi connectivity index (χ2v) is 14.1. The lowest BCUT2D eigenvalue weighted by molar-refractivity contribution is -0.0370. The molecule has 0 saturated heterocycles. The van der Waals surface area contributed by atoms with Crippen LogP contribution >= 0.6 is 0 Å². The number of ether oxygens (including phenoxy) is 3.